The Morgan fingerprint density at radius 3 is 2.71 bits per heavy atom. The van der Waals surface area contributed by atoms with Crippen LogP contribution in [0.25, 0.3) is 0 Å². The highest BCUT2D eigenvalue weighted by Crippen LogP contribution is 2.37. The Balaban J connectivity index is 2.58. The van der Waals surface area contributed by atoms with E-state index >= 15 is 0 Å². The topological polar surface area (TPSA) is 32.7 Å². The lowest BCUT2D eigenvalue weighted by atomic mass is 9.76. The second kappa shape index (κ2) is 6.90. The first-order chi connectivity index (χ1) is 10.3. The lowest BCUT2D eigenvalue weighted by Gasteiger charge is -2.32. The number of benzene rings is 1. The Hall–Kier alpha value is -2.34. The second-order valence-corrected chi connectivity index (χ2v) is 4.90. The SMILES string of the molecule is CCN(CC)c1ccccc1C1(C#CC=O)C=CN=CC1. The van der Waals surface area contributed by atoms with Crippen LogP contribution in [-0.2, 0) is 10.2 Å². The third-order valence-electron chi connectivity index (χ3n) is 3.81. The molecule has 1 unspecified atom stereocenters. The average molecular weight is 280 g/mol. The molecule has 0 fully saturated rings. The van der Waals surface area contributed by atoms with Gasteiger partial charge in [-0.2, -0.15) is 0 Å². The van der Waals surface area contributed by atoms with Crippen molar-refractivity contribution >= 4 is 18.2 Å². The summed E-state index contributed by atoms with van der Waals surface area (Å²) in [5.74, 6) is 5.72. The predicted molar refractivity (Wildman–Crippen MR) is 87.8 cm³/mol. The zero-order chi connectivity index (χ0) is 15.1. The third kappa shape index (κ3) is 3.05. The van der Waals surface area contributed by atoms with Crippen LogP contribution < -0.4 is 4.90 Å². The summed E-state index contributed by atoms with van der Waals surface area (Å²) in [4.78, 5) is 17.2. The molecule has 0 spiro atoms. The van der Waals surface area contributed by atoms with E-state index in [1.165, 1.54) is 5.69 Å². The first-order valence-electron chi connectivity index (χ1n) is 7.27. The van der Waals surface area contributed by atoms with Gasteiger partial charge in [-0.05, 0) is 37.5 Å². The molecule has 0 N–H and O–H groups in total. The van der Waals surface area contributed by atoms with E-state index in [1.54, 1.807) is 6.20 Å². The first-order valence-corrected chi connectivity index (χ1v) is 7.27. The molecule has 0 amide bonds. The van der Waals surface area contributed by atoms with Gasteiger partial charge in [-0.1, -0.05) is 24.1 Å². The maximum Gasteiger partial charge on any atom is 0.192 e. The minimum Gasteiger partial charge on any atom is -0.372 e. The Labute approximate surface area is 126 Å². The van der Waals surface area contributed by atoms with Gasteiger partial charge in [-0.25, -0.2) is 0 Å². The fraction of sp³-hybridized carbons (Fsp3) is 0.333. The number of allylic oxidation sites excluding steroid dienone is 1. The molecule has 1 heterocycles. The Bertz CT molecular complexity index is 618. The van der Waals surface area contributed by atoms with Gasteiger partial charge in [0, 0.05) is 37.6 Å². The number of hydrogen-bond donors (Lipinski definition) is 0. The smallest absolute Gasteiger partial charge is 0.192 e. The zero-order valence-corrected chi connectivity index (χ0v) is 12.5. The van der Waals surface area contributed by atoms with E-state index in [1.807, 2.05) is 24.4 Å². The van der Waals surface area contributed by atoms with Crippen LogP contribution in [0.1, 0.15) is 25.8 Å². The summed E-state index contributed by atoms with van der Waals surface area (Å²) in [5.41, 5.74) is 1.83. The van der Waals surface area contributed by atoms with Crippen molar-refractivity contribution < 1.29 is 4.79 Å². The summed E-state index contributed by atoms with van der Waals surface area (Å²) in [7, 11) is 0. The van der Waals surface area contributed by atoms with E-state index in [0.29, 0.717) is 12.7 Å². The summed E-state index contributed by atoms with van der Waals surface area (Å²) in [5, 5.41) is 0. The molecule has 21 heavy (non-hydrogen) atoms. The van der Waals surface area contributed by atoms with Crippen LogP contribution in [-0.4, -0.2) is 25.6 Å². The van der Waals surface area contributed by atoms with Gasteiger partial charge in [-0.3, -0.25) is 9.79 Å². The Morgan fingerprint density at radius 2 is 2.10 bits per heavy atom. The van der Waals surface area contributed by atoms with Crippen LogP contribution in [0, 0.1) is 11.8 Å². The summed E-state index contributed by atoms with van der Waals surface area (Å²) in [6.07, 6.45) is 6.95. The Morgan fingerprint density at radius 1 is 1.33 bits per heavy atom. The summed E-state index contributed by atoms with van der Waals surface area (Å²) >= 11 is 0. The fourth-order valence-electron chi connectivity index (χ4n) is 2.70. The van der Waals surface area contributed by atoms with E-state index in [-0.39, 0.29) is 0 Å². The zero-order valence-electron chi connectivity index (χ0n) is 12.5. The van der Waals surface area contributed by atoms with Crippen molar-refractivity contribution in [2.45, 2.75) is 25.7 Å². The lowest BCUT2D eigenvalue weighted by Crippen LogP contribution is -2.30. The fourth-order valence-corrected chi connectivity index (χ4v) is 2.70. The quantitative estimate of drug-likeness (QED) is 0.627. The van der Waals surface area contributed by atoms with Gasteiger partial charge >= 0.3 is 0 Å². The van der Waals surface area contributed by atoms with E-state index in [2.05, 4.69) is 47.7 Å². The number of nitrogens with zero attached hydrogens (tertiary/aromatic N) is 2. The summed E-state index contributed by atoms with van der Waals surface area (Å²) in [6, 6.07) is 8.27. The van der Waals surface area contributed by atoms with Gasteiger partial charge in [0.1, 0.15) is 0 Å². The molecule has 0 aromatic heterocycles. The minimum absolute atomic E-state index is 0.470. The van der Waals surface area contributed by atoms with Crippen molar-refractivity contribution in [2.24, 2.45) is 4.99 Å². The predicted octanol–water partition coefficient (Wildman–Crippen LogP) is 2.96. The van der Waals surface area contributed by atoms with Gasteiger partial charge in [0.15, 0.2) is 6.29 Å². The van der Waals surface area contributed by atoms with Gasteiger partial charge in [-0.15, -0.1) is 0 Å². The van der Waals surface area contributed by atoms with Crippen LogP contribution >= 0.6 is 0 Å². The normalized spacial score (nSPS) is 19.7. The molecular formula is C18H20N2O. The molecule has 1 aliphatic rings. The molecular weight excluding hydrogens is 260 g/mol. The number of rotatable bonds is 4. The molecule has 1 aromatic rings. The van der Waals surface area contributed by atoms with Gasteiger partial charge in [0.05, 0.1) is 5.41 Å². The van der Waals surface area contributed by atoms with Crippen molar-refractivity contribution in [2.75, 3.05) is 18.0 Å². The lowest BCUT2D eigenvalue weighted by molar-refractivity contribution is -0.103. The number of carbonyl (C=O) groups is 1. The van der Waals surface area contributed by atoms with E-state index in [9.17, 15) is 4.79 Å². The first kappa shape index (κ1) is 15.1. The third-order valence-corrected chi connectivity index (χ3v) is 3.81. The minimum atomic E-state index is -0.470. The monoisotopic (exact) mass is 280 g/mol. The second-order valence-electron chi connectivity index (χ2n) is 4.90. The van der Waals surface area contributed by atoms with E-state index in [0.717, 1.165) is 18.7 Å². The largest absolute Gasteiger partial charge is 0.372 e. The molecule has 108 valence electrons. The molecule has 0 saturated carbocycles. The molecule has 0 radical (unpaired) electrons. The molecule has 1 aromatic carbocycles. The molecule has 1 atom stereocenters. The average Bonchev–Trinajstić information content (AvgIpc) is 2.55. The number of para-hydroxylation sites is 1. The van der Waals surface area contributed by atoms with Crippen LogP contribution in [0.2, 0.25) is 0 Å². The number of carbonyl (C=O) groups excluding carboxylic acids is 1. The highest BCUT2D eigenvalue weighted by molar-refractivity contribution is 5.76. The maximum absolute atomic E-state index is 10.7. The maximum atomic E-state index is 10.7. The van der Waals surface area contributed by atoms with Crippen molar-refractivity contribution in [3.05, 3.63) is 42.1 Å². The number of anilines is 1. The van der Waals surface area contributed by atoms with Gasteiger partial charge in [0.2, 0.25) is 0 Å². The number of hydrogen-bond acceptors (Lipinski definition) is 3. The van der Waals surface area contributed by atoms with Crippen LogP contribution in [0.4, 0.5) is 5.69 Å². The summed E-state index contributed by atoms with van der Waals surface area (Å²) < 4.78 is 0. The highest BCUT2D eigenvalue weighted by Gasteiger charge is 2.31. The molecule has 1 aliphatic heterocycles. The molecule has 0 saturated heterocycles. The van der Waals surface area contributed by atoms with Crippen molar-refractivity contribution in [3.8, 4) is 11.8 Å². The highest BCUT2D eigenvalue weighted by atomic mass is 16.1. The molecule has 3 heteroatoms. The number of aliphatic imine (C=N–C) groups is 1. The van der Waals surface area contributed by atoms with Gasteiger partial charge < -0.3 is 4.90 Å². The van der Waals surface area contributed by atoms with E-state index in [4.69, 9.17) is 0 Å². The van der Waals surface area contributed by atoms with Gasteiger partial charge in [0.25, 0.3) is 0 Å². The Kier molecular flexibility index (Phi) is 4.94. The molecule has 0 aliphatic carbocycles. The van der Waals surface area contributed by atoms with Crippen LogP contribution in [0.3, 0.4) is 0 Å². The number of aldehydes is 1. The van der Waals surface area contributed by atoms with Crippen molar-refractivity contribution in [3.63, 3.8) is 0 Å². The molecule has 2 rings (SSSR count). The summed E-state index contributed by atoms with van der Waals surface area (Å²) in [6.45, 7) is 6.15. The van der Waals surface area contributed by atoms with Crippen molar-refractivity contribution in [1.29, 1.82) is 0 Å². The van der Waals surface area contributed by atoms with Crippen LogP contribution in [0.15, 0.2) is 41.5 Å². The van der Waals surface area contributed by atoms with Crippen LogP contribution in [0.5, 0.6) is 0 Å². The molecule has 3 nitrogen and oxygen atoms in total. The van der Waals surface area contributed by atoms with E-state index < -0.39 is 5.41 Å². The molecule has 0 bridgehead atoms. The van der Waals surface area contributed by atoms with Crippen molar-refractivity contribution in [1.82, 2.24) is 0 Å². The standard InChI is InChI=1S/C18H20N2O/c1-3-20(4-2)17-9-6-5-8-16(17)18(10-7-15-21)11-13-19-14-12-18/h5-6,8-9,11,13-15H,3-4,12H2,1-2H3.